The average Bonchev–Trinajstić information content (AvgIpc) is 2.75. The van der Waals surface area contributed by atoms with E-state index in [1.165, 1.54) is 0 Å². The molecule has 5 heteroatoms. The number of carbonyl (C=O) groups is 2. The van der Waals surface area contributed by atoms with Crippen LogP contribution in [0.2, 0.25) is 0 Å². The van der Waals surface area contributed by atoms with Crippen LogP contribution >= 0.6 is 0 Å². The Morgan fingerprint density at radius 2 is 1.94 bits per heavy atom. The standard InChI is InChI=1S/C13H20N2O3/c1-18-10-7-9(8-10)14-6-4-12(16)15-5-2-3-11(15)13(14)17/h9-11H,2-8H2,1H3. The van der Waals surface area contributed by atoms with Crippen LogP contribution in [-0.2, 0) is 14.3 Å². The molecule has 3 rings (SSSR count). The van der Waals surface area contributed by atoms with E-state index in [4.69, 9.17) is 4.74 Å². The highest BCUT2D eigenvalue weighted by molar-refractivity contribution is 5.90. The van der Waals surface area contributed by atoms with Gasteiger partial charge in [-0.1, -0.05) is 0 Å². The summed E-state index contributed by atoms with van der Waals surface area (Å²) >= 11 is 0. The molecule has 1 atom stereocenters. The molecule has 0 aromatic carbocycles. The minimum atomic E-state index is -0.179. The van der Waals surface area contributed by atoms with Gasteiger partial charge in [-0.3, -0.25) is 9.59 Å². The summed E-state index contributed by atoms with van der Waals surface area (Å²) in [7, 11) is 1.72. The van der Waals surface area contributed by atoms with Gasteiger partial charge in [0.1, 0.15) is 6.04 Å². The van der Waals surface area contributed by atoms with Crippen LogP contribution in [0.3, 0.4) is 0 Å². The zero-order valence-electron chi connectivity index (χ0n) is 10.8. The highest BCUT2D eigenvalue weighted by Gasteiger charge is 2.44. The Balaban J connectivity index is 1.72. The summed E-state index contributed by atoms with van der Waals surface area (Å²) in [5, 5.41) is 0. The van der Waals surface area contributed by atoms with Crippen LogP contribution in [0.25, 0.3) is 0 Å². The van der Waals surface area contributed by atoms with Crippen molar-refractivity contribution in [2.75, 3.05) is 20.2 Å². The van der Waals surface area contributed by atoms with Gasteiger partial charge in [0.25, 0.3) is 0 Å². The Morgan fingerprint density at radius 3 is 2.67 bits per heavy atom. The van der Waals surface area contributed by atoms with Crippen molar-refractivity contribution in [1.29, 1.82) is 0 Å². The summed E-state index contributed by atoms with van der Waals surface area (Å²) in [6.07, 6.45) is 4.41. The second kappa shape index (κ2) is 4.53. The van der Waals surface area contributed by atoms with Crippen molar-refractivity contribution in [3.63, 3.8) is 0 Å². The largest absolute Gasteiger partial charge is 0.381 e. The lowest BCUT2D eigenvalue weighted by Gasteiger charge is -2.42. The van der Waals surface area contributed by atoms with E-state index in [2.05, 4.69) is 0 Å². The Bertz CT molecular complexity index is 365. The molecule has 0 radical (unpaired) electrons. The van der Waals surface area contributed by atoms with Crippen LogP contribution in [0, 0.1) is 0 Å². The zero-order valence-corrected chi connectivity index (χ0v) is 10.8. The van der Waals surface area contributed by atoms with Crippen molar-refractivity contribution in [2.24, 2.45) is 0 Å². The molecule has 3 fully saturated rings. The SMILES string of the molecule is COC1CC(N2CCC(=O)N3CCCC3C2=O)C1. The molecule has 1 saturated carbocycles. The quantitative estimate of drug-likeness (QED) is 0.714. The van der Waals surface area contributed by atoms with E-state index >= 15 is 0 Å². The maximum Gasteiger partial charge on any atom is 0.245 e. The van der Waals surface area contributed by atoms with Crippen molar-refractivity contribution < 1.29 is 14.3 Å². The minimum Gasteiger partial charge on any atom is -0.381 e. The average molecular weight is 252 g/mol. The number of nitrogens with zero attached hydrogens (tertiary/aromatic N) is 2. The topological polar surface area (TPSA) is 49.9 Å². The first-order chi connectivity index (χ1) is 8.70. The Labute approximate surface area is 107 Å². The summed E-state index contributed by atoms with van der Waals surface area (Å²) in [6, 6.07) is 0.109. The Hall–Kier alpha value is -1.10. The molecule has 2 aliphatic heterocycles. The van der Waals surface area contributed by atoms with Gasteiger partial charge in [-0.05, 0) is 25.7 Å². The van der Waals surface area contributed by atoms with Crippen LogP contribution < -0.4 is 0 Å². The normalized spacial score (nSPS) is 36.4. The predicted octanol–water partition coefficient (Wildman–Crippen LogP) is 0.387. The smallest absolute Gasteiger partial charge is 0.245 e. The molecule has 18 heavy (non-hydrogen) atoms. The van der Waals surface area contributed by atoms with Gasteiger partial charge in [-0.25, -0.2) is 0 Å². The monoisotopic (exact) mass is 252 g/mol. The summed E-state index contributed by atoms with van der Waals surface area (Å²) in [5.74, 6) is 0.314. The van der Waals surface area contributed by atoms with Gasteiger partial charge < -0.3 is 14.5 Å². The van der Waals surface area contributed by atoms with Crippen LogP contribution in [0.4, 0.5) is 0 Å². The third-order valence-corrected chi connectivity index (χ3v) is 4.55. The maximum absolute atomic E-state index is 12.5. The summed E-state index contributed by atoms with van der Waals surface area (Å²) in [5.41, 5.74) is 0. The fourth-order valence-electron chi connectivity index (χ4n) is 3.33. The van der Waals surface area contributed by atoms with E-state index in [0.29, 0.717) is 19.1 Å². The van der Waals surface area contributed by atoms with Gasteiger partial charge in [0.05, 0.1) is 6.10 Å². The number of methoxy groups -OCH3 is 1. The van der Waals surface area contributed by atoms with Crippen molar-refractivity contribution >= 4 is 11.8 Å². The van der Waals surface area contributed by atoms with Crippen LogP contribution in [-0.4, -0.2) is 60.0 Å². The van der Waals surface area contributed by atoms with Gasteiger partial charge >= 0.3 is 0 Å². The summed E-state index contributed by atoms with van der Waals surface area (Å²) in [4.78, 5) is 28.2. The van der Waals surface area contributed by atoms with E-state index < -0.39 is 0 Å². The molecule has 3 aliphatic rings. The molecule has 0 N–H and O–H groups in total. The van der Waals surface area contributed by atoms with Gasteiger partial charge in [0.2, 0.25) is 11.8 Å². The first-order valence-electron chi connectivity index (χ1n) is 6.83. The lowest BCUT2D eigenvalue weighted by Crippen LogP contribution is -2.53. The Morgan fingerprint density at radius 1 is 1.17 bits per heavy atom. The van der Waals surface area contributed by atoms with E-state index in [1.807, 2.05) is 4.90 Å². The maximum atomic E-state index is 12.5. The number of ether oxygens (including phenoxy) is 1. The first kappa shape index (κ1) is 12.0. The molecule has 2 heterocycles. The number of hydrogen-bond donors (Lipinski definition) is 0. The highest BCUT2D eigenvalue weighted by Crippen LogP contribution is 2.32. The summed E-state index contributed by atoms with van der Waals surface area (Å²) in [6.45, 7) is 1.35. The van der Waals surface area contributed by atoms with E-state index in [1.54, 1.807) is 12.0 Å². The zero-order chi connectivity index (χ0) is 12.7. The number of hydrogen-bond acceptors (Lipinski definition) is 3. The van der Waals surface area contributed by atoms with Gasteiger partial charge in [0.15, 0.2) is 0 Å². The molecule has 2 amide bonds. The molecule has 0 aromatic rings. The Kier molecular flexibility index (Phi) is 3.01. The molecule has 1 aliphatic carbocycles. The molecular formula is C13H20N2O3. The fraction of sp³-hybridized carbons (Fsp3) is 0.846. The van der Waals surface area contributed by atoms with Crippen molar-refractivity contribution in [2.45, 2.75) is 50.3 Å². The van der Waals surface area contributed by atoms with Crippen LogP contribution in [0.15, 0.2) is 0 Å². The summed E-state index contributed by atoms with van der Waals surface area (Å²) < 4.78 is 5.27. The number of rotatable bonds is 2. The van der Waals surface area contributed by atoms with Crippen molar-refractivity contribution in [3.05, 3.63) is 0 Å². The number of amides is 2. The third kappa shape index (κ3) is 1.81. The van der Waals surface area contributed by atoms with Crippen LogP contribution in [0.1, 0.15) is 32.1 Å². The van der Waals surface area contributed by atoms with Crippen molar-refractivity contribution in [3.8, 4) is 0 Å². The first-order valence-corrected chi connectivity index (χ1v) is 6.83. The van der Waals surface area contributed by atoms with Gasteiger partial charge in [-0.2, -0.15) is 0 Å². The molecule has 0 aromatic heterocycles. The molecule has 0 bridgehead atoms. The fourth-order valence-corrected chi connectivity index (χ4v) is 3.33. The second-order valence-corrected chi connectivity index (χ2v) is 5.51. The third-order valence-electron chi connectivity index (χ3n) is 4.55. The molecule has 5 nitrogen and oxygen atoms in total. The molecule has 1 unspecified atom stereocenters. The molecule has 0 spiro atoms. The molecule has 2 saturated heterocycles. The number of fused-ring (bicyclic) bond motifs is 1. The van der Waals surface area contributed by atoms with Crippen molar-refractivity contribution in [1.82, 2.24) is 9.80 Å². The van der Waals surface area contributed by atoms with E-state index in [9.17, 15) is 9.59 Å². The van der Waals surface area contributed by atoms with E-state index in [0.717, 1.165) is 32.2 Å². The van der Waals surface area contributed by atoms with E-state index in [-0.39, 0.29) is 23.9 Å². The van der Waals surface area contributed by atoms with Gasteiger partial charge in [-0.15, -0.1) is 0 Å². The number of carbonyl (C=O) groups excluding carboxylic acids is 2. The minimum absolute atomic E-state index is 0.149. The second-order valence-electron chi connectivity index (χ2n) is 5.51. The molecule has 100 valence electrons. The van der Waals surface area contributed by atoms with Crippen LogP contribution in [0.5, 0.6) is 0 Å². The highest BCUT2D eigenvalue weighted by atomic mass is 16.5. The lowest BCUT2D eigenvalue weighted by atomic mass is 9.87. The predicted molar refractivity (Wildman–Crippen MR) is 64.9 cm³/mol. The van der Waals surface area contributed by atoms with Gasteiger partial charge in [0, 0.05) is 32.7 Å². The lowest BCUT2D eigenvalue weighted by molar-refractivity contribution is -0.144. The molecular weight excluding hydrogens is 232 g/mol.